The Balaban J connectivity index is 2.23. The van der Waals surface area contributed by atoms with Crippen LogP contribution < -0.4 is 10.5 Å². The van der Waals surface area contributed by atoms with Crippen molar-refractivity contribution in [3.63, 3.8) is 0 Å². The monoisotopic (exact) mass is 241 g/mol. The van der Waals surface area contributed by atoms with Crippen LogP contribution >= 0.6 is 0 Å². The summed E-state index contributed by atoms with van der Waals surface area (Å²) >= 11 is 0. The van der Waals surface area contributed by atoms with Crippen LogP contribution in [0.1, 0.15) is 19.4 Å². The summed E-state index contributed by atoms with van der Waals surface area (Å²) in [7, 11) is 0. The molecular formula is C16H19NO. The fourth-order valence-electron chi connectivity index (χ4n) is 1.72. The molecule has 0 aliphatic heterocycles. The fourth-order valence-corrected chi connectivity index (χ4v) is 1.72. The lowest BCUT2D eigenvalue weighted by Crippen LogP contribution is -2.27. The molecule has 0 atom stereocenters. The minimum Gasteiger partial charge on any atom is -0.457 e. The zero-order valence-corrected chi connectivity index (χ0v) is 10.9. The van der Waals surface area contributed by atoms with Crippen molar-refractivity contribution in [3.8, 4) is 11.5 Å². The summed E-state index contributed by atoms with van der Waals surface area (Å²) in [6, 6.07) is 17.9. The van der Waals surface area contributed by atoms with Crippen molar-refractivity contribution in [3.05, 3.63) is 60.2 Å². The third kappa shape index (κ3) is 2.90. The van der Waals surface area contributed by atoms with E-state index in [1.54, 1.807) is 0 Å². The molecule has 0 radical (unpaired) electrons. The molecule has 0 aliphatic rings. The van der Waals surface area contributed by atoms with Gasteiger partial charge in [0.25, 0.3) is 0 Å². The van der Waals surface area contributed by atoms with E-state index in [0.717, 1.165) is 11.5 Å². The number of para-hydroxylation sites is 1. The van der Waals surface area contributed by atoms with Gasteiger partial charge in [-0.05, 0) is 29.8 Å². The zero-order chi connectivity index (χ0) is 13.0. The van der Waals surface area contributed by atoms with E-state index in [2.05, 4.69) is 26.0 Å². The van der Waals surface area contributed by atoms with Gasteiger partial charge in [-0.25, -0.2) is 0 Å². The first-order chi connectivity index (χ1) is 8.62. The van der Waals surface area contributed by atoms with Gasteiger partial charge >= 0.3 is 0 Å². The van der Waals surface area contributed by atoms with E-state index in [9.17, 15) is 0 Å². The second kappa shape index (κ2) is 5.23. The summed E-state index contributed by atoms with van der Waals surface area (Å²) in [4.78, 5) is 0. The van der Waals surface area contributed by atoms with Gasteiger partial charge in [0.2, 0.25) is 0 Å². The van der Waals surface area contributed by atoms with Gasteiger partial charge < -0.3 is 10.5 Å². The first kappa shape index (κ1) is 12.7. The average molecular weight is 241 g/mol. The molecule has 18 heavy (non-hydrogen) atoms. The molecule has 0 bridgehead atoms. The van der Waals surface area contributed by atoms with Crippen molar-refractivity contribution in [1.82, 2.24) is 0 Å². The molecule has 0 amide bonds. The van der Waals surface area contributed by atoms with Gasteiger partial charge in [0.1, 0.15) is 11.5 Å². The molecule has 2 aromatic carbocycles. The van der Waals surface area contributed by atoms with Crippen molar-refractivity contribution in [2.75, 3.05) is 6.54 Å². The second-order valence-electron chi connectivity index (χ2n) is 5.03. The molecule has 0 spiro atoms. The highest BCUT2D eigenvalue weighted by atomic mass is 16.5. The predicted octanol–water partition coefficient (Wildman–Crippen LogP) is 3.72. The Bertz CT molecular complexity index is 506. The highest BCUT2D eigenvalue weighted by molar-refractivity contribution is 5.36. The van der Waals surface area contributed by atoms with E-state index >= 15 is 0 Å². The van der Waals surface area contributed by atoms with Crippen LogP contribution in [0.15, 0.2) is 54.6 Å². The number of hydrogen-bond acceptors (Lipinski definition) is 2. The summed E-state index contributed by atoms with van der Waals surface area (Å²) in [6.07, 6.45) is 0. The minimum atomic E-state index is -0.0317. The van der Waals surface area contributed by atoms with Crippen LogP contribution in [-0.2, 0) is 5.41 Å². The Hall–Kier alpha value is -1.80. The van der Waals surface area contributed by atoms with Crippen LogP contribution in [0.4, 0.5) is 0 Å². The number of hydrogen-bond donors (Lipinski definition) is 1. The van der Waals surface area contributed by atoms with Crippen molar-refractivity contribution < 1.29 is 4.74 Å². The van der Waals surface area contributed by atoms with Crippen LogP contribution in [0.3, 0.4) is 0 Å². The van der Waals surface area contributed by atoms with Crippen molar-refractivity contribution >= 4 is 0 Å². The smallest absolute Gasteiger partial charge is 0.127 e. The maximum atomic E-state index is 5.82. The van der Waals surface area contributed by atoms with Gasteiger partial charge in [-0.15, -0.1) is 0 Å². The molecule has 0 unspecified atom stereocenters. The van der Waals surface area contributed by atoms with E-state index in [1.165, 1.54) is 5.56 Å². The Morgan fingerprint density at radius 1 is 0.944 bits per heavy atom. The summed E-state index contributed by atoms with van der Waals surface area (Å²) in [6.45, 7) is 4.88. The normalized spacial score (nSPS) is 11.3. The molecular weight excluding hydrogens is 222 g/mol. The number of benzene rings is 2. The van der Waals surface area contributed by atoms with E-state index in [-0.39, 0.29) is 5.41 Å². The number of nitrogens with two attached hydrogens (primary N) is 1. The maximum Gasteiger partial charge on any atom is 0.127 e. The Kier molecular flexibility index (Phi) is 3.68. The summed E-state index contributed by atoms with van der Waals surface area (Å²) in [5, 5.41) is 0. The molecule has 2 nitrogen and oxygen atoms in total. The first-order valence-corrected chi connectivity index (χ1v) is 6.15. The predicted molar refractivity (Wildman–Crippen MR) is 75.0 cm³/mol. The standard InChI is InChI=1S/C16H19NO/c1-16(2,12-17)13-7-6-10-15(11-13)18-14-8-4-3-5-9-14/h3-11H,12,17H2,1-2H3. The van der Waals surface area contributed by atoms with E-state index in [1.807, 2.05) is 42.5 Å². The van der Waals surface area contributed by atoms with Crippen molar-refractivity contribution in [1.29, 1.82) is 0 Å². The topological polar surface area (TPSA) is 35.2 Å². The van der Waals surface area contributed by atoms with E-state index < -0.39 is 0 Å². The van der Waals surface area contributed by atoms with Crippen LogP contribution in [0.5, 0.6) is 11.5 Å². The lowest BCUT2D eigenvalue weighted by atomic mass is 9.85. The zero-order valence-electron chi connectivity index (χ0n) is 10.9. The number of rotatable bonds is 4. The Morgan fingerprint density at radius 2 is 1.61 bits per heavy atom. The highest BCUT2D eigenvalue weighted by Crippen LogP contribution is 2.27. The number of ether oxygens (including phenoxy) is 1. The lowest BCUT2D eigenvalue weighted by molar-refractivity contribution is 0.476. The van der Waals surface area contributed by atoms with Gasteiger partial charge in [0.15, 0.2) is 0 Å². The molecule has 0 fully saturated rings. The first-order valence-electron chi connectivity index (χ1n) is 6.15. The molecule has 0 heterocycles. The lowest BCUT2D eigenvalue weighted by Gasteiger charge is -2.23. The van der Waals surface area contributed by atoms with Crippen molar-refractivity contribution in [2.24, 2.45) is 5.73 Å². The third-order valence-electron chi connectivity index (χ3n) is 3.10. The molecule has 0 aromatic heterocycles. The van der Waals surface area contributed by atoms with Gasteiger partial charge in [0.05, 0.1) is 0 Å². The Labute approximate surface area is 108 Å². The van der Waals surface area contributed by atoms with Crippen molar-refractivity contribution in [2.45, 2.75) is 19.3 Å². The molecule has 94 valence electrons. The Morgan fingerprint density at radius 3 is 2.28 bits per heavy atom. The molecule has 0 saturated heterocycles. The maximum absolute atomic E-state index is 5.82. The second-order valence-corrected chi connectivity index (χ2v) is 5.03. The molecule has 2 N–H and O–H groups in total. The molecule has 2 heteroatoms. The molecule has 0 aliphatic carbocycles. The highest BCUT2D eigenvalue weighted by Gasteiger charge is 2.18. The molecule has 2 rings (SSSR count). The third-order valence-corrected chi connectivity index (χ3v) is 3.10. The van der Waals surface area contributed by atoms with Crippen LogP contribution in [0.2, 0.25) is 0 Å². The van der Waals surface area contributed by atoms with Crippen LogP contribution in [-0.4, -0.2) is 6.54 Å². The van der Waals surface area contributed by atoms with Gasteiger partial charge in [-0.3, -0.25) is 0 Å². The summed E-state index contributed by atoms with van der Waals surface area (Å²) in [5.74, 6) is 1.69. The summed E-state index contributed by atoms with van der Waals surface area (Å²) in [5.41, 5.74) is 6.96. The van der Waals surface area contributed by atoms with E-state index in [0.29, 0.717) is 6.54 Å². The van der Waals surface area contributed by atoms with Gasteiger partial charge in [0, 0.05) is 12.0 Å². The fraction of sp³-hybridized carbons (Fsp3) is 0.250. The molecule has 2 aromatic rings. The van der Waals surface area contributed by atoms with Crippen LogP contribution in [0.25, 0.3) is 0 Å². The van der Waals surface area contributed by atoms with Gasteiger partial charge in [-0.2, -0.15) is 0 Å². The van der Waals surface area contributed by atoms with Crippen LogP contribution in [0, 0.1) is 0 Å². The molecule has 0 saturated carbocycles. The SMILES string of the molecule is CC(C)(CN)c1cccc(Oc2ccccc2)c1. The van der Waals surface area contributed by atoms with Gasteiger partial charge in [-0.1, -0.05) is 44.2 Å². The van der Waals surface area contributed by atoms with E-state index in [4.69, 9.17) is 10.5 Å². The average Bonchev–Trinajstić information content (AvgIpc) is 2.40. The summed E-state index contributed by atoms with van der Waals surface area (Å²) < 4.78 is 5.82. The largest absolute Gasteiger partial charge is 0.457 e. The quantitative estimate of drug-likeness (QED) is 0.885. The minimum absolute atomic E-state index is 0.0317.